The number of thiophene rings is 1. The smallest absolute Gasteiger partial charge is 0.341 e. The van der Waals surface area contributed by atoms with Crippen molar-refractivity contribution in [3.63, 3.8) is 0 Å². The van der Waals surface area contributed by atoms with Gasteiger partial charge in [0.1, 0.15) is 5.00 Å². The zero-order valence-electron chi connectivity index (χ0n) is 23.7. The highest BCUT2D eigenvalue weighted by Gasteiger charge is 2.32. The van der Waals surface area contributed by atoms with Gasteiger partial charge in [-0.25, -0.2) is 9.59 Å². The molecule has 1 aliphatic carbocycles. The molecule has 8 nitrogen and oxygen atoms in total. The fraction of sp³-hybridized carbons (Fsp3) is 0.484. The van der Waals surface area contributed by atoms with Crippen molar-refractivity contribution < 1.29 is 23.9 Å². The predicted molar refractivity (Wildman–Crippen MR) is 156 cm³/mol. The Hall–Kier alpha value is -3.30. The van der Waals surface area contributed by atoms with Crippen molar-refractivity contribution in [1.82, 2.24) is 9.88 Å². The molecule has 3 heterocycles. The molecule has 2 aromatic heterocycles. The molecule has 0 spiro atoms. The lowest BCUT2D eigenvalue weighted by Crippen LogP contribution is -2.35. The first-order valence-corrected chi connectivity index (χ1v) is 15.0. The summed E-state index contributed by atoms with van der Waals surface area (Å²) in [5.74, 6) is -0.923. The van der Waals surface area contributed by atoms with E-state index in [1.54, 1.807) is 0 Å². The van der Waals surface area contributed by atoms with Gasteiger partial charge in [0.05, 0.1) is 23.8 Å². The number of carbonyl (C=O) groups excluding carboxylic acids is 3. The van der Waals surface area contributed by atoms with Gasteiger partial charge in [-0.05, 0) is 56.2 Å². The second kappa shape index (κ2) is 12.1. The summed E-state index contributed by atoms with van der Waals surface area (Å²) in [7, 11) is 1.35. The highest BCUT2D eigenvalue weighted by atomic mass is 32.1. The Balaban J connectivity index is 1.43. The first-order valence-electron chi connectivity index (χ1n) is 14.2. The molecule has 1 amide bonds. The Morgan fingerprint density at radius 3 is 2.67 bits per heavy atom. The van der Waals surface area contributed by atoms with Crippen LogP contribution in [0.25, 0.3) is 10.9 Å². The maximum Gasteiger partial charge on any atom is 0.341 e. The standard InChI is InChI=1S/C31H37N3O5S/c1-5-14-34-15-13-23-21(17-34)26(19-9-7-8-10-22(19)32-23)31(37)39-24(6-2)28(35)33-29-27(30(36)38-4)20-12-11-18(3)16-25(20)40-29/h7-10,18,24H,5-6,11-17H2,1-4H3,(H,33,35). The number of hydrogen-bond donors (Lipinski definition) is 1. The van der Waals surface area contributed by atoms with Crippen LogP contribution in [0.4, 0.5) is 5.00 Å². The van der Waals surface area contributed by atoms with Gasteiger partial charge >= 0.3 is 11.9 Å². The minimum Gasteiger partial charge on any atom is -0.465 e. The zero-order valence-corrected chi connectivity index (χ0v) is 24.5. The summed E-state index contributed by atoms with van der Waals surface area (Å²) < 4.78 is 11.0. The van der Waals surface area contributed by atoms with Crippen LogP contribution in [0.5, 0.6) is 0 Å². The van der Waals surface area contributed by atoms with Crippen LogP contribution in [-0.2, 0) is 40.1 Å². The van der Waals surface area contributed by atoms with Crippen molar-refractivity contribution in [2.24, 2.45) is 5.92 Å². The average Bonchev–Trinajstić information content (AvgIpc) is 3.30. The van der Waals surface area contributed by atoms with E-state index in [1.165, 1.54) is 18.4 Å². The van der Waals surface area contributed by atoms with Gasteiger partial charge < -0.3 is 14.8 Å². The summed E-state index contributed by atoms with van der Waals surface area (Å²) in [6, 6.07) is 7.59. The van der Waals surface area contributed by atoms with Crippen molar-refractivity contribution >= 4 is 45.1 Å². The van der Waals surface area contributed by atoms with E-state index < -0.39 is 23.9 Å². The Bertz CT molecular complexity index is 1450. The molecule has 0 saturated heterocycles. The molecule has 0 bridgehead atoms. The van der Waals surface area contributed by atoms with Gasteiger partial charge in [0.25, 0.3) is 5.91 Å². The summed E-state index contributed by atoms with van der Waals surface area (Å²) in [5, 5.41) is 4.10. The number of para-hydroxylation sites is 1. The lowest BCUT2D eigenvalue weighted by molar-refractivity contribution is -0.124. The van der Waals surface area contributed by atoms with E-state index in [0.29, 0.717) is 35.0 Å². The molecule has 2 atom stereocenters. The molecule has 0 saturated carbocycles. The number of carbonyl (C=O) groups is 3. The lowest BCUT2D eigenvalue weighted by Gasteiger charge is -2.30. The number of nitrogens with zero attached hydrogens (tertiary/aromatic N) is 2. The molecule has 9 heteroatoms. The van der Waals surface area contributed by atoms with Crippen molar-refractivity contribution in [2.45, 2.75) is 71.9 Å². The van der Waals surface area contributed by atoms with Gasteiger partial charge in [0, 0.05) is 41.0 Å². The molecular weight excluding hydrogens is 526 g/mol. The van der Waals surface area contributed by atoms with Gasteiger partial charge in [-0.2, -0.15) is 0 Å². The molecule has 2 aliphatic rings. The minimum absolute atomic E-state index is 0.292. The number of benzene rings is 1. The number of nitrogens with one attached hydrogen (secondary N) is 1. The normalized spacial score (nSPS) is 17.6. The first-order chi connectivity index (χ1) is 19.3. The number of aromatic nitrogens is 1. The van der Waals surface area contributed by atoms with Gasteiger partial charge in [-0.15, -0.1) is 11.3 Å². The van der Waals surface area contributed by atoms with Crippen molar-refractivity contribution in [3.05, 3.63) is 57.1 Å². The zero-order chi connectivity index (χ0) is 28.4. The molecule has 0 fully saturated rings. The van der Waals surface area contributed by atoms with Crippen LogP contribution in [0, 0.1) is 5.92 Å². The summed E-state index contributed by atoms with van der Waals surface area (Å²) >= 11 is 1.42. The third-order valence-electron chi connectivity index (χ3n) is 7.92. The first kappa shape index (κ1) is 28.2. The fourth-order valence-corrected chi connectivity index (χ4v) is 7.25. The third-order valence-corrected chi connectivity index (χ3v) is 9.09. The highest BCUT2D eigenvalue weighted by molar-refractivity contribution is 7.17. The number of methoxy groups -OCH3 is 1. The molecule has 40 heavy (non-hydrogen) atoms. The number of ether oxygens (including phenoxy) is 2. The van der Waals surface area contributed by atoms with E-state index in [2.05, 4.69) is 24.1 Å². The molecule has 1 N–H and O–H groups in total. The average molecular weight is 564 g/mol. The minimum atomic E-state index is -1.02. The topological polar surface area (TPSA) is 97.8 Å². The van der Waals surface area contributed by atoms with Crippen molar-refractivity contribution in [2.75, 3.05) is 25.5 Å². The molecule has 3 aromatic rings. The quantitative estimate of drug-likeness (QED) is 0.359. The Morgan fingerprint density at radius 2 is 1.93 bits per heavy atom. The second-order valence-corrected chi connectivity index (χ2v) is 11.9. The summed E-state index contributed by atoms with van der Waals surface area (Å²) in [6.45, 7) is 8.59. The maximum atomic E-state index is 13.8. The Kier molecular flexibility index (Phi) is 8.51. The van der Waals surface area contributed by atoms with Crippen LogP contribution < -0.4 is 5.32 Å². The van der Waals surface area contributed by atoms with E-state index in [1.807, 2.05) is 31.2 Å². The lowest BCUT2D eigenvalue weighted by atomic mass is 9.88. The molecular formula is C31H37N3O5S. The summed E-state index contributed by atoms with van der Waals surface area (Å²) in [4.78, 5) is 48.3. The molecule has 2 unspecified atom stereocenters. The molecule has 212 valence electrons. The summed E-state index contributed by atoms with van der Waals surface area (Å²) in [5.41, 5.74) is 4.42. The van der Waals surface area contributed by atoms with Crippen LogP contribution in [0.15, 0.2) is 24.3 Å². The number of anilines is 1. The number of hydrogen-bond acceptors (Lipinski definition) is 8. The number of esters is 2. The Morgan fingerprint density at radius 1 is 1.12 bits per heavy atom. The van der Waals surface area contributed by atoms with Crippen LogP contribution in [0.2, 0.25) is 0 Å². The van der Waals surface area contributed by atoms with Gasteiger partial charge in [-0.1, -0.05) is 39.0 Å². The summed E-state index contributed by atoms with van der Waals surface area (Å²) in [6.07, 6.45) is 3.67. The van der Waals surface area contributed by atoms with Gasteiger partial charge in [0.2, 0.25) is 0 Å². The van der Waals surface area contributed by atoms with Crippen LogP contribution in [0.3, 0.4) is 0 Å². The Labute approximate surface area is 239 Å². The maximum absolute atomic E-state index is 13.8. The van der Waals surface area contributed by atoms with E-state index in [-0.39, 0.29) is 0 Å². The number of fused-ring (bicyclic) bond motifs is 3. The van der Waals surface area contributed by atoms with Crippen LogP contribution >= 0.6 is 11.3 Å². The van der Waals surface area contributed by atoms with Gasteiger partial charge in [0.15, 0.2) is 6.10 Å². The van der Waals surface area contributed by atoms with E-state index in [0.717, 1.165) is 77.8 Å². The van der Waals surface area contributed by atoms with Crippen LogP contribution in [0.1, 0.15) is 82.4 Å². The number of rotatable bonds is 8. The SMILES string of the molecule is CCCN1CCc2nc3ccccc3c(C(=O)OC(CC)C(=O)Nc3sc4c(c3C(=O)OC)CCC(C)C4)c2C1. The van der Waals surface area contributed by atoms with E-state index in [4.69, 9.17) is 14.5 Å². The van der Waals surface area contributed by atoms with Gasteiger partial charge in [-0.3, -0.25) is 14.7 Å². The molecule has 0 radical (unpaired) electrons. The van der Waals surface area contributed by atoms with E-state index >= 15 is 0 Å². The number of pyridine rings is 1. The van der Waals surface area contributed by atoms with Crippen molar-refractivity contribution in [3.8, 4) is 0 Å². The molecule has 1 aliphatic heterocycles. The third kappa shape index (κ3) is 5.49. The molecule has 5 rings (SSSR count). The largest absolute Gasteiger partial charge is 0.465 e. The van der Waals surface area contributed by atoms with Crippen LogP contribution in [-0.4, -0.2) is 54.0 Å². The monoisotopic (exact) mass is 563 g/mol. The van der Waals surface area contributed by atoms with Crippen molar-refractivity contribution in [1.29, 1.82) is 0 Å². The second-order valence-electron chi connectivity index (χ2n) is 10.8. The molecule has 1 aromatic carbocycles. The highest BCUT2D eigenvalue weighted by Crippen LogP contribution is 2.40. The fourth-order valence-electron chi connectivity index (χ4n) is 5.85. The predicted octanol–water partition coefficient (Wildman–Crippen LogP) is 5.55. The van der Waals surface area contributed by atoms with E-state index in [9.17, 15) is 14.4 Å². The number of amides is 1.